The number of carbonyl (C=O) groups is 1. The van der Waals surface area contributed by atoms with Crippen molar-refractivity contribution in [2.24, 2.45) is 0 Å². The highest BCUT2D eigenvalue weighted by Crippen LogP contribution is 2.33. The molecule has 0 spiro atoms. The van der Waals surface area contributed by atoms with Gasteiger partial charge in [-0.2, -0.15) is 0 Å². The van der Waals surface area contributed by atoms with Crippen molar-refractivity contribution in [1.82, 2.24) is 0 Å². The molecular formula is C16H13NO3. The average Bonchev–Trinajstić information content (AvgIpc) is 2.81. The van der Waals surface area contributed by atoms with Crippen molar-refractivity contribution >= 4 is 28.3 Å². The molecule has 0 saturated heterocycles. The zero-order chi connectivity index (χ0) is 14.1. The Bertz CT molecular complexity index is 789. The van der Waals surface area contributed by atoms with Crippen LogP contribution in [0.3, 0.4) is 0 Å². The van der Waals surface area contributed by atoms with Crippen LogP contribution < -0.4 is 5.32 Å². The largest absolute Gasteiger partial charge is 0.475 e. The number of furan rings is 1. The third-order valence-corrected chi connectivity index (χ3v) is 3.19. The Morgan fingerprint density at radius 2 is 1.80 bits per heavy atom. The minimum Gasteiger partial charge on any atom is -0.475 e. The third-order valence-electron chi connectivity index (χ3n) is 3.19. The maximum Gasteiger partial charge on any atom is 0.374 e. The fraction of sp³-hybridized carbons (Fsp3) is 0.0625. The van der Waals surface area contributed by atoms with Crippen LogP contribution in [-0.2, 0) is 0 Å². The number of anilines is 2. The highest BCUT2D eigenvalue weighted by atomic mass is 16.4. The van der Waals surface area contributed by atoms with Gasteiger partial charge in [0.15, 0.2) is 0 Å². The maximum atomic E-state index is 11.3. The normalized spacial score (nSPS) is 10.7. The fourth-order valence-electron chi connectivity index (χ4n) is 2.17. The van der Waals surface area contributed by atoms with E-state index >= 15 is 0 Å². The Kier molecular flexibility index (Phi) is 2.91. The van der Waals surface area contributed by atoms with Crippen LogP contribution in [0, 0.1) is 6.92 Å². The molecule has 3 aromatic rings. The van der Waals surface area contributed by atoms with E-state index in [4.69, 9.17) is 4.42 Å². The molecule has 0 saturated carbocycles. The smallest absolute Gasteiger partial charge is 0.374 e. The van der Waals surface area contributed by atoms with Gasteiger partial charge in [0.25, 0.3) is 0 Å². The maximum absolute atomic E-state index is 11.3. The fourth-order valence-corrected chi connectivity index (χ4v) is 2.17. The number of benzene rings is 2. The van der Waals surface area contributed by atoms with Gasteiger partial charge in [-0.1, -0.05) is 30.3 Å². The molecule has 1 heterocycles. The summed E-state index contributed by atoms with van der Waals surface area (Å²) in [5.41, 5.74) is 2.94. The first-order valence-corrected chi connectivity index (χ1v) is 6.24. The minimum atomic E-state index is -1.09. The van der Waals surface area contributed by atoms with Gasteiger partial charge >= 0.3 is 5.97 Å². The highest BCUT2D eigenvalue weighted by Gasteiger charge is 2.20. The number of rotatable bonds is 3. The molecule has 0 aliphatic carbocycles. The zero-order valence-electron chi connectivity index (χ0n) is 10.9. The van der Waals surface area contributed by atoms with Crippen molar-refractivity contribution in [1.29, 1.82) is 0 Å². The Morgan fingerprint density at radius 3 is 2.55 bits per heavy atom. The number of aromatic carboxylic acids is 1. The first-order valence-electron chi connectivity index (χ1n) is 6.24. The Morgan fingerprint density at radius 1 is 1.10 bits per heavy atom. The number of carboxylic acids is 1. The summed E-state index contributed by atoms with van der Waals surface area (Å²) in [6.07, 6.45) is 0. The molecule has 100 valence electrons. The molecule has 0 aliphatic rings. The van der Waals surface area contributed by atoms with Crippen molar-refractivity contribution in [2.75, 3.05) is 5.32 Å². The quantitative estimate of drug-likeness (QED) is 0.747. The summed E-state index contributed by atoms with van der Waals surface area (Å²) in [5, 5.41) is 13.2. The lowest BCUT2D eigenvalue weighted by Gasteiger charge is -2.08. The molecule has 1 aromatic heterocycles. The summed E-state index contributed by atoms with van der Waals surface area (Å²) in [6, 6.07) is 15.0. The summed E-state index contributed by atoms with van der Waals surface area (Å²) < 4.78 is 5.41. The predicted molar refractivity (Wildman–Crippen MR) is 77.6 cm³/mol. The van der Waals surface area contributed by atoms with Crippen LogP contribution in [0.2, 0.25) is 0 Å². The molecule has 0 fully saturated rings. The summed E-state index contributed by atoms with van der Waals surface area (Å²) in [7, 11) is 0. The number of hydrogen-bond acceptors (Lipinski definition) is 3. The molecule has 4 nitrogen and oxygen atoms in total. The Labute approximate surface area is 115 Å². The number of para-hydroxylation sites is 2. The van der Waals surface area contributed by atoms with Crippen LogP contribution in [0.1, 0.15) is 16.1 Å². The number of hydrogen-bond donors (Lipinski definition) is 2. The van der Waals surface area contributed by atoms with E-state index in [9.17, 15) is 9.90 Å². The first kappa shape index (κ1) is 12.3. The third kappa shape index (κ3) is 2.01. The molecule has 0 aliphatic heterocycles. The van der Waals surface area contributed by atoms with Crippen molar-refractivity contribution in [3.63, 3.8) is 0 Å². The van der Waals surface area contributed by atoms with Gasteiger partial charge in [0.05, 0.1) is 0 Å². The van der Waals surface area contributed by atoms with Crippen molar-refractivity contribution in [2.45, 2.75) is 6.92 Å². The molecule has 0 unspecified atom stereocenters. The average molecular weight is 267 g/mol. The van der Waals surface area contributed by atoms with E-state index in [0.29, 0.717) is 11.3 Å². The van der Waals surface area contributed by atoms with E-state index in [1.165, 1.54) is 0 Å². The molecule has 2 aromatic carbocycles. The van der Waals surface area contributed by atoms with E-state index in [2.05, 4.69) is 5.32 Å². The van der Waals surface area contributed by atoms with Crippen LogP contribution in [-0.4, -0.2) is 11.1 Å². The van der Waals surface area contributed by atoms with Gasteiger partial charge in [-0.25, -0.2) is 4.79 Å². The van der Waals surface area contributed by atoms with Gasteiger partial charge in [-0.05, 0) is 30.7 Å². The van der Waals surface area contributed by atoms with Gasteiger partial charge < -0.3 is 14.8 Å². The topological polar surface area (TPSA) is 62.5 Å². The lowest BCUT2D eigenvalue weighted by molar-refractivity contribution is 0.0666. The van der Waals surface area contributed by atoms with E-state index < -0.39 is 5.97 Å². The van der Waals surface area contributed by atoms with Crippen molar-refractivity contribution in [3.8, 4) is 0 Å². The summed E-state index contributed by atoms with van der Waals surface area (Å²) in [5.74, 6) is -1.16. The monoisotopic (exact) mass is 267 g/mol. The molecule has 0 bridgehead atoms. The SMILES string of the molecule is Cc1ccccc1Nc1c(C(=O)O)oc2ccccc12. The van der Waals surface area contributed by atoms with Gasteiger partial charge in [-0.15, -0.1) is 0 Å². The molecule has 0 atom stereocenters. The van der Waals surface area contributed by atoms with Crippen LogP contribution >= 0.6 is 0 Å². The van der Waals surface area contributed by atoms with Crippen LogP contribution in [0.25, 0.3) is 11.0 Å². The van der Waals surface area contributed by atoms with Gasteiger partial charge in [-0.3, -0.25) is 0 Å². The molecule has 0 amide bonds. The van der Waals surface area contributed by atoms with Gasteiger partial charge in [0, 0.05) is 11.1 Å². The van der Waals surface area contributed by atoms with Crippen LogP contribution in [0.4, 0.5) is 11.4 Å². The van der Waals surface area contributed by atoms with E-state index in [-0.39, 0.29) is 5.76 Å². The second kappa shape index (κ2) is 4.74. The van der Waals surface area contributed by atoms with Crippen LogP contribution in [0.15, 0.2) is 52.9 Å². The van der Waals surface area contributed by atoms with Gasteiger partial charge in [0.1, 0.15) is 11.3 Å². The van der Waals surface area contributed by atoms with E-state index in [1.807, 2.05) is 49.4 Å². The molecule has 2 N–H and O–H groups in total. The molecular weight excluding hydrogens is 254 g/mol. The summed E-state index contributed by atoms with van der Waals surface area (Å²) in [6.45, 7) is 1.96. The molecule has 4 heteroatoms. The van der Waals surface area contributed by atoms with Gasteiger partial charge in [0.2, 0.25) is 5.76 Å². The summed E-state index contributed by atoms with van der Waals surface area (Å²) in [4.78, 5) is 11.3. The first-order chi connectivity index (χ1) is 9.66. The lowest BCUT2D eigenvalue weighted by Crippen LogP contribution is -2.00. The van der Waals surface area contributed by atoms with Crippen LogP contribution in [0.5, 0.6) is 0 Å². The standard InChI is InChI=1S/C16H13NO3/c1-10-6-2-4-8-12(10)17-14-11-7-3-5-9-13(11)20-15(14)16(18)19/h2-9,17H,1H3,(H,18,19). The predicted octanol–water partition coefficient (Wildman–Crippen LogP) is 4.18. The molecule has 0 radical (unpaired) electrons. The van der Waals surface area contributed by atoms with Crippen molar-refractivity contribution < 1.29 is 14.3 Å². The van der Waals surface area contributed by atoms with Crippen molar-refractivity contribution in [3.05, 3.63) is 59.9 Å². The second-order valence-corrected chi connectivity index (χ2v) is 4.55. The Balaban J connectivity index is 2.17. The lowest BCUT2D eigenvalue weighted by atomic mass is 10.1. The minimum absolute atomic E-state index is 0.0746. The summed E-state index contributed by atoms with van der Waals surface area (Å²) >= 11 is 0. The van der Waals surface area contributed by atoms with E-state index in [0.717, 1.165) is 16.6 Å². The molecule has 3 rings (SSSR count). The number of carboxylic acid groups (broad SMARTS) is 1. The Hall–Kier alpha value is -2.75. The molecule has 20 heavy (non-hydrogen) atoms. The number of fused-ring (bicyclic) bond motifs is 1. The second-order valence-electron chi connectivity index (χ2n) is 4.55. The van der Waals surface area contributed by atoms with E-state index in [1.54, 1.807) is 6.07 Å². The highest BCUT2D eigenvalue weighted by molar-refractivity contribution is 6.04. The zero-order valence-corrected chi connectivity index (χ0v) is 10.9. The number of aryl methyl sites for hydroxylation is 1. The number of nitrogens with one attached hydrogen (secondary N) is 1.